The SMILES string of the molecule is CC=NCC(CCC)N=CC. The minimum Gasteiger partial charge on any atom is -0.296 e. The van der Waals surface area contributed by atoms with Crippen LogP contribution in [0.15, 0.2) is 9.98 Å². The Kier molecular flexibility index (Phi) is 7.00. The topological polar surface area (TPSA) is 24.7 Å². The van der Waals surface area contributed by atoms with Gasteiger partial charge in [0.05, 0.1) is 12.6 Å². The summed E-state index contributed by atoms with van der Waals surface area (Å²) in [6.07, 6.45) is 6.03. The first-order chi connectivity index (χ1) is 5.35. The summed E-state index contributed by atoms with van der Waals surface area (Å²) in [6.45, 7) is 6.92. The highest BCUT2D eigenvalue weighted by molar-refractivity contribution is 5.54. The quantitative estimate of drug-likeness (QED) is 0.543. The summed E-state index contributed by atoms with van der Waals surface area (Å²) in [5.41, 5.74) is 0. The third-order valence-electron chi connectivity index (χ3n) is 1.48. The minimum atomic E-state index is 0.404. The van der Waals surface area contributed by atoms with Crippen molar-refractivity contribution in [3.63, 3.8) is 0 Å². The molecule has 64 valence electrons. The zero-order valence-electron chi connectivity index (χ0n) is 7.75. The molecule has 0 saturated carbocycles. The molecule has 0 rings (SSSR count). The van der Waals surface area contributed by atoms with Crippen LogP contribution < -0.4 is 0 Å². The Morgan fingerprint density at radius 1 is 1.27 bits per heavy atom. The molecule has 1 unspecified atom stereocenters. The van der Waals surface area contributed by atoms with Crippen LogP contribution in [0, 0.1) is 0 Å². The summed E-state index contributed by atoms with van der Waals surface area (Å²) in [6, 6.07) is 0.404. The van der Waals surface area contributed by atoms with Gasteiger partial charge in [0.2, 0.25) is 0 Å². The van der Waals surface area contributed by atoms with Gasteiger partial charge in [0.1, 0.15) is 0 Å². The molecule has 11 heavy (non-hydrogen) atoms. The lowest BCUT2D eigenvalue weighted by atomic mass is 10.2. The predicted molar refractivity (Wildman–Crippen MR) is 51.9 cm³/mol. The molecule has 2 heteroatoms. The molecule has 2 nitrogen and oxygen atoms in total. The molecular weight excluding hydrogens is 136 g/mol. The summed E-state index contributed by atoms with van der Waals surface area (Å²) in [5.74, 6) is 0. The van der Waals surface area contributed by atoms with Crippen LogP contribution in [-0.2, 0) is 0 Å². The molecule has 0 fully saturated rings. The molecule has 0 aliphatic rings. The van der Waals surface area contributed by atoms with E-state index in [1.807, 2.05) is 26.3 Å². The maximum absolute atomic E-state index is 4.31. The van der Waals surface area contributed by atoms with Gasteiger partial charge in [0.25, 0.3) is 0 Å². The predicted octanol–water partition coefficient (Wildman–Crippen LogP) is 2.34. The van der Waals surface area contributed by atoms with Gasteiger partial charge < -0.3 is 0 Å². The van der Waals surface area contributed by atoms with E-state index in [0.29, 0.717) is 6.04 Å². The van der Waals surface area contributed by atoms with E-state index in [1.165, 1.54) is 6.42 Å². The fraction of sp³-hybridized carbons (Fsp3) is 0.778. The average Bonchev–Trinajstić information content (AvgIpc) is 2.01. The number of aliphatic imine (C=N–C) groups is 2. The monoisotopic (exact) mass is 154 g/mol. The van der Waals surface area contributed by atoms with Gasteiger partial charge in [-0.25, -0.2) is 0 Å². The average molecular weight is 154 g/mol. The Labute approximate surface area is 69.4 Å². The molecule has 0 spiro atoms. The Balaban J connectivity index is 3.68. The van der Waals surface area contributed by atoms with E-state index < -0.39 is 0 Å². The van der Waals surface area contributed by atoms with Crippen molar-refractivity contribution in [3.8, 4) is 0 Å². The third-order valence-corrected chi connectivity index (χ3v) is 1.48. The Hall–Kier alpha value is -0.660. The van der Waals surface area contributed by atoms with Crippen LogP contribution in [0.5, 0.6) is 0 Å². The van der Waals surface area contributed by atoms with Crippen molar-refractivity contribution in [1.29, 1.82) is 0 Å². The van der Waals surface area contributed by atoms with E-state index in [9.17, 15) is 0 Å². The summed E-state index contributed by atoms with van der Waals surface area (Å²) < 4.78 is 0. The number of nitrogens with zero attached hydrogens (tertiary/aromatic N) is 2. The molecule has 1 atom stereocenters. The molecule has 0 saturated heterocycles. The third kappa shape index (κ3) is 5.77. The second-order valence-electron chi connectivity index (χ2n) is 2.47. The van der Waals surface area contributed by atoms with E-state index in [-0.39, 0.29) is 0 Å². The van der Waals surface area contributed by atoms with Crippen molar-refractivity contribution >= 4 is 12.4 Å². The van der Waals surface area contributed by atoms with Crippen LogP contribution >= 0.6 is 0 Å². The summed E-state index contributed by atoms with van der Waals surface area (Å²) in [5, 5.41) is 0. The highest BCUT2D eigenvalue weighted by atomic mass is 14.8. The van der Waals surface area contributed by atoms with Gasteiger partial charge >= 0.3 is 0 Å². The van der Waals surface area contributed by atoms with Gasteiger partial charge in [-0.3, -0.25) is 9.98 Å². The first-order valence-electron chi connectivity index (χ1n) is 4.27. The van der Waals surface area contributed by atoms with Crippen molar-refractivity contribution in [2.75, 3.05) is 6.54 Å². The summed E-state index contributed by atoms with van der Waals surface area (Å²) in [4.78, 5) is 8.48. The van der Waals surface area contributed by atoms with Crippen LogP contribution in [0.4, 0.5) is 0 Å². The maximum atomic E-state index is 4.31. The Bertz CT molecular complexity index is 128. The van der Waals surface area contributed by atoms with Gasteiger partial charge in [0.15, 0.2) is 0 Å². The largest absolute Gasteiger partial charge is 0.296 e. The zero-order chi connectivity index (χ0) is 8.53. The molecule has 0 bridgehead atoms. The first-order valence-corrected chi connectivity index (χ1v) is 4.27. The number of hydrogen-bond donors (Lipinski definition) is 0. The van der Waals surface area contributed by atoms with Crippen LogP contribution in [0.3, 0.4) is 0 Å². The highest BCUT2D eigenvalue weighted by Crippen LogP contribution is 2.01. The van der Waals surface area contributed by atoms with Crippen molar-refractivity contribution < 1.29 is 0 Å². The van der Waals surface area contributed by atoms with Crippen molar-refractivity contribution in [1.82, 2.24) is 0 Å². The van der Waals surface area contributed by atoms with E-state index in [4.69, 9.17) is 0 Å². The lowest BCUT2D eigenvalue weighted by Crippen LogP contribution is -2.08. The van der Waals surface area contributed by atoms with Crippen LogP contribution in [0.25, 0.3) is 0 Å². The van der Waals surface area contributed by atoms with E-state index in [0.717, 1.165) is 13.0 Å². The number of hydrogen-bond acceptors (Lipinski definition) is 2. The molecule has 0 aromatic rings. The second-order valence-corrected chi connectivity index (χ2v) is 2.47. The fourth-order valence-electron chi connectivity index (χ4n) is 0.984. The van der Waals surface area contributed by atoms with Crippen LogP contribution in [0.2, 0.25) is 0 Å². The normalized spacial score (nSPS) is 14.8. The molecule has 0 aromatic carbocycles. The van der Waals surface area contributed by atoms with Crippen LogP contribution in [-0.4, -0.2) is 25.0 Å². The van der Waals surface area contributed by atoms with Crippen molar-refractivity contribution in [3.05, 3.63) is 0 Å². The Morgan fingerprint density at radius 3 is 2.45 bits per heavy atom. The summed E-state index contributed by atoms with van der Waals surface area (Å²) in [7, 11) is 0. The van der Waals surface area contributed by atoms with E-state index in [1.54, 1.807) is 0 Å². The van der Waals surface area contributed by atoms with Crippen molar-refractivity contribution in [2.24, 2.45) is 9.98 Å². The van der Waals surface area contributed by atoms with Gasteiger partial charge in [-0.2, -0.15) is 0 Å². The van der Waals surface area contributed by atoms with Gasteiger partial charge in [-0.05, 0) is 32.7 Å². The van der Waals surface area contributed by atoms with Crippen molar-refractivity contribution in [2.45, 2.75) is 39.7 Å². The van der Waals surface area contributed by atoms with E-state index in [2.05, 4.69) is 16.9 Å². The van der Waals surface area contributed by atoms with Gasteiger partial charge in [-0.15, -0.1) is 0 Å². The smallest absolute Gasteiger partial charge is 0.0690 e. The van der Waals surface area contributed by atoms with Gasteiger partial charge in [-0.1, -0.05) is 13.3 Å². The zero-order valence-corrected chi connectivity index (χ0v) is 7.75. The lowest BCUT2D eigenvalue weighted by molar-refractivity contribution is 0.618. The molecule has 0 aromatic heterocycles. The molecular formula is C9H18N2. The second kappa shape index (κ2) is 7.45. The molecule has 0 radical (unpaired) electrons. The lowest BCUT2D eigenvalue weighted by Gasteiger charge is -2.06. The number of rotatable bonds is 5. The fourth-order valence-corrected chi connectivity index (χ4v) is 0.984. The van der Waals surface area contributed by atoms with Gasteiger partial charge in [0, 0.05) is 0 Å². The molecule has 0 aliphatic carbocycles. The summed E-state index contributed by atoms with van der Waals surface area (Å²) >= 11 is 0. The molecule has 0 amide bonds. The van der Waals surface area contributed by atoms with E-state index >= 15 is 0 Å². The molecule has 0 N–H and O–H groups in total. The minimum absolute atomic E-state index is 0.404. The maximum Gasteiger partial charge on any atom is 0.0690 e. The standard InChI is InChI=1S/C9H18N2/c1-4-7-9(11-6-3)8-10-5-2/h5-6,9H,4,7-8H2,1-3H3. The first kappa shape index (κ1) is 10.3. The van der Waals surface area contributed by atoms with Crippen LogP contribution in [0.1, 0.15) is 33.6 Å². The molecule has 0 heterocycles. The molecule has 0 aliphatic heterocycles. The highest BCUT2D eigenvalue weighted by Gasteiger charge is 2.00. The Morgan fingerprint density at radius 2 is 2.00 bits per heavy atom.